The molecule has 0 heterocycles. The van der Waals surface area contributed by atoms with Crippen LogP contribution in [0.1, 0.15) is 17.2 Å². The minimum Gasteiger partial charge on any atom is -0.324 e. The van der Waals surface area contributed by atoms with Gasteiger partial charge in [0.1, 0.15) is 0 Å². The Morgan fingerprint density at radius 3 is 2.63 bits per heavy atom. The summed E-state index contributed by atoms with van der Waals surface area (Å²) in [5, 5.41) is 11.0. The van der Waals surface area contributed by atoms with Crippen LogP contribution in [0.3, 0.4) is 0 Å². The summed E-state index contributed by atoms with van der Waals surface area (Å²) in [5.74, 6) is 0. The standard InChI is InChI=1S/C14H13BrN2O2/c15-12-6-3-5-10(8-12)13(16)9-11-4-1-2-7-14(11)17(18)19/h1-8,13H,9,16H2. The number of hydrogen-bond acceptors (Lipinski definition) is 3. The first-order chi connectivity index (χ1) is 9.08. The number of rotatable bonds is 4. The molecule has 0 fully saturated rings. The molecule has 4 nitrogen and oxygen atoms in total. The van der Waals surface area contributed by atoms with E-state index in [0.29, 0.717) is 12.0 Å². The van der Waals surface area contributed by atoms with E-state index in [1.807, 2.05) is 24.3 Å². The van der Waals surface area contributed by atoms with E-state index in [4.69, 9.17) is 5.73 Å². The minimum atomic E-state index is -0.372. The smallest absolute Gasteiger partial charge is 0.272 e. The van der Waals surface area contributed by atoms with Gasteiger partial charge in [0, 0.05) is 22.1 Å². The fourth-order valence-electron chi connectivity index (χ4n) is 1.95. The molecule has 19 heavy (non-hydrogen) atoms. The molecule has 5 heteroatoms. The summed E-state index contributed by atoms with van der Waals surface area (Å²) in [6.07, 6.45) is 0.438. The Morgan fingerprint density at radius 2 is 1.95 bits per heavy atom. The summed E-state index contributed by atoms with van der Waals surface area (Å²) in [4.78, 5) is 10.6. The second kappa shape index (κ2) is 5.95. The zero-order valence-electron chi connectivity index (χ0n) is 10.1. The molecule has 98 valence electrons. The Balaban J connectivity index is 2.24. The third kappa shape index (κ3) is 3.39. The number of benzene rings is 2. The molecule has 1 atom stereocenters. The lowest BCUT2D eigenvalue weighted by atomic mass is 9.99. The molecular weight excluding hydrogens is 308 g/mol. The van der Waals surface area contributed by atoms with Crippen LogP contribution in [0, 0.1) is 10.1 Å². The number of nitrogens with zero attached hydrogens (tertiary/aromatic N) is 1. The van der Waals surface area contributed by atoms with Gasteiger partial charge in [0.05, 0.1) is 4.92 Å². The van der Waals surface area contributed by atoms with Crippen molar-refractivity contribution >= 4 is 21.6 Å². The van der Waals surface area contributed by atoms with Gasteiger partial charge in [0.15, 0.2) is 0 Å². The molecule has 2 aromatic carbocycles. The molecule has 0 saturated carbocycles. The van der Waals surface area contributed by atoms with Gasteiger partial charge in [0.25, 0.3) is 5.69 Å². The van der Waals surface area contributed by atoms with Crippen molar-refractivity contribution in [2.75, 3.05) is 0 Å². The Bertz CT molecular complexity index is 602. The van der Waals surface area contributed by atoms with Gasteiger partial charge in [-0.3, -0.25) is 10.1 Å². The van der Waals surface area contributed by atoms with Crippen molar-refractivity contribution in [2.45, 2.75) is 12.5 Å². The first-order valence-corrected chi connectivity index (χ1v) is 6.60. The maximum absolute atomic E-state index is 11.0. The van der Waals surface area contributed by atoms with Crippen molar-refractivity contribution in [3.05, 3.63) is 74.2 Å². The average molecular weight is 321 g/mol. The molecule has 2 N–H and O–H groups in total. The molecule has 0 aromatic heterocycles. The Hall–Kier alpha value is -1.72. The van der Waals surface area contributed by atoms with Crippen molar-refractivity contribution in [3.8, 4) is 0 Å². The zero-order valence-corrected chi connectivity index (χ0v) is 11.7. The van der Waals surface area contributed by atoms with Crippen LogP contribution in [0.25, 0.3) is 0 Å². The molecule has 1 unspecified atom stereocenters. The normalized spacial score (nSPS) is 12.1. The maximum Gasteiger partial charge on any atom is 0.272 e. The summed E-state index contributed by atoms with van der Waals surface area (Å²) >= 11 is 3.39. The molecule has 0 saturated heterocycles. The quantitative estimate of drug-likeness (QED) is 0.691. The fraction of sp³-hybridized carbons (Fsp3) is 0.143. The summed E-state index contributed by atoms with van der Waals surface area (Å²) < 4.78 is 0.947. The Labute approximate surface area is 119 Å². The fourth-order valence-corrected chi connectivity index (χ4v) is 2.37. The molecule has 0 spiro atoms. The third-order valence-corrected chi connectivity index (χ3v) is 3.40. The second-order valence-electron chi connectivity index (χ2n) is 4.25. The molecule has 2 aromatic rings. The largest absolute Gasteiger partial charge is 0.324 e. The number of nitro benzene ring substituents is 1. The molecular formula is C14H13BrN2O2. The van der Waals surface area contributed by atoms with Gasteiger partial charge in [-0.25, -0.2) is 0 Å². The third-order valence-electron chi connectivity index (χ3n) is 2.90. The lowest BCUT2D eigenvalue weighted by molar-refractivity contribution is -0.385. The van der Waals surface area contributed by atoms with Gasteiger partial charge in [0.2, 0.25) is 0 Å². The van der Waals surface area contributed by atoms with Crippen LogP contribution in [0.5, 0.6) is 0 Å². The highest BCUT2D eigenvalue weighted by atomic mass is 79.9. The van der Waals surface area contributed by atoms with E-state index in [1.165, 1.54) is 6.07 Å². The molecule has 0 amide bonds. The predicted molar refractivity (Wildman–Crippen MR) is 77.9 cm³/mol. The molecule has 0 aliphatic heterocycles. The van der Waals surface area contributed by atoms with Crippen molar-refractivity contribution in [3.63, 3.8) is 0 Å². The summed E-state index contributed by atoms with van der Waals surface area (Å²) in [7, 11) is 0. The van der Waals surface area contributed by atoms with Gasteiger partial charge in [-0.1, -0.05) is 46.3 Å². The minimum absolute atomic E-state index is 0.118. The topological polar surface area (TPSA) is 69.2 Å². The number of halogens is 1. The predicted octanol–water partition coefficient (Wildman–Crippen LogP) is 3.60. The van der Waals surface area contributed by atoms with Crippen LogP contribution < -0.4 is 5.73 Å². The first-order valence-electron chi connectivity index (χ1n) is 5.81. The van der Waals surface area contributed by atoms with E-state index >= 15 is 0 Å². The summed E-state index contributed by atoms with van der Waals surface area (Å²) in [6.45, 7) is 0. The van der Waals surface area contributed by atoms with E-state index < -0.39 is 0 Å². The van der Waals surface area contributed by atoms with Gasteiger partial charge in [-0.15, -0.1) is 0 Å². The van der Waals surface area contributed by atoms with Gasteiger partial charge in [-0.05, 0) is 24.1 Å². The SMILES string of the molecule is NC(Cc1ccccc1[N+](=O)[O-])c1cccc(Br)c1. The number of nitro groups is 1. The number of nitrogens with two attached hydrogens (primary N) is 1. The van der Waals surface area contributed by atoms with Crippen LogP contribution >= 0.6 is 15.9 Å². The summed E-state index contributed by atoms with van der Waals surface area (Å²) in [6, 6.07) is 14.1. The van der Waals surface area contributed by atoms with E-state index in [2.05, 4.69) is 15.9 Å². The van der Waals surface area contributed by atoms with Crippen LogP contribution in [0.4, 0.5) is 5.69 Å². The zero-order chi connectivity index (χ0) is 13.8. The molecule has 0 bridgehead atoms. The summed E-state index contributed by atoms with van der Waals surface area (Å²) in [5.41, 5.74) is 7.84. The molecule has 0 radical (unpaired) electrons. The molecule has 2 rings (SSSR count). The van der Waals surface area contributed by atoms with Gasteiger partial charge in [-0.2, -0.15) is 0 Å². The van der Waals surface area contributed by atoms with Crippen LogP contribution in [0.15, 0.2) is 53.0 Å². The second-order valence-corrected chi connectivity index (χ2v) is 5.17. The highest BCUT2D eigenvalue weighted by molar-refractivity contribution is 9.10. The van der Waals surface area contributed by atoms with Crippen molar-refractivity contribution in [1.82, 2.24) is 0 Å². The van der Waals surface area contributed by atoms with Crippen LogP contribution in [0.2, 0.25) is 0 Å². The van der Waals surface area contributed by atoms with E-state index in [1.54, 1.807) is 18.2 Å². The average Bonchev–Trinajstić information content (AvgIpc) is 2.39. The number of hydrogen-bond donors (Lipinski definition) is 1. The molecule has 0 aliphatic rings. The van der Waals surface area contributed by atoms with Crippen molar-refractivity contribution in [2.24, 2.45) is 5.73 Å². The highest BCUT2D eigenvalue weighted by Gasteiger charge is 2.16. The van der Waals surface area contributed by atoms with E-state index in [0.717, 1.165) is 10.0 Å². The number of para-hydroxylation sites is 1. The van der Waals surface area contributed by atoms with E-state index in [9.17, 15) is 10.1 Å². The maximum atomic E-state index is 11.0. The van der Waals surface area contributed by atoms with Crippen LogP contribution in [-0.2, 0) is 6.42 Å². The molecule has 0 aliphatic carbocycles. The lowest BCUT2D eigenvalue weighted by Crippen LogP contribution is -2.14. The lowest BCUT2D eigenvalue weighted by Gasteiger charge is -2.12. The van der Waals surface area contributed by atoms with Crippen LogP contribution in [-0.4, -0.2) is 4.92 Å². The highest BCUT2D eigenvalue weighted by Crippen LogP contribution is 2.24. The van der Waals surface area contributed by atoms with E-state index in [-0.39, 0.29) is 16.7 Å². The van der Waals surface area contributed by atoms with Gasteiger partial charge < -0.3 is 5.73 Å². The first kappa shape index (κ1) is 13.7. The Kier molecular flexibility index (Phi) is 4.29. The Morgan fingerprint density at radius 1 is 1.21 bits per heavy atom. The monoisotopic (exact) mass is 320 g/mol. The van der Waals surface area contributed by atoms with Crippen molar-refractivity contribution in [1.29, 1.82) is 0 Å². The van der Waals surface area contributed by atoms with Gasteiger partial charge >= 0.3 is 0 Å². The van der Waals surface area contributed by atoms with Crippen molar-refractivity contribution < 1.29 is 4.92 Å².